The van der Waals surface area contributed by atoms with Gasteiger partial charge >= 0.3 is 0 Å². The first kappa shape index (κ1) is 14.5. The van der Waals surface area contributed by atoms with E-state index in [1.165, 1.54) is 5.56 Å². The molecule has 2 heterocycles. The highest BCUT2D eigenvalue weighted by atomic mass is 32.1. The van der Waals surface area contributed by atoms with Crippen LogP contribution in [-0.2, 0) is 11.2 Å². The number of amides is 2. The Kier molecular flexibility index (Phi) is 3.45. The monoisotopic (exact) mass is 326 g/mol. The van der Waals surface area contributed by atoms with E-state index < -0.39 is 0 Å². The van der Waals surface area contributed by atoms with E-state index in [1.54, 1.807) is 16.2 Å². The number of rotatable bonds is 3. The van der Waals surface area contributed by atoms with E-state index in [2.05, 4.69) is 22.1 Å². The van der Waals surface area contributed by atoms with E-state index in [0.717, 1.165) is 36.2 Å². The molecule has 1 saturated carbocycles. The molecule has 5 heteroatoms. The molecule has 118 valence electrons. The lowest BCUT2D eigenvalue weighted by Crippen LogP contribution is -2.34. The highest BCUT2D eigenvalue weighted by Crippen LogP contribution is 2.48. The number of thiophene rings is 1. The van der Waals surface area contributed by atoms with E-state index in [0.29, 0.717) is 5.92 Å². The Hall–Kier alpha value is -2.14. The van der Waals surface area contributed by atoms with Crippen molar-refractivity contribution in [3.05, 3.63) is 51.7 Å². The number of hydrogen-bond donors (Lipinski definition) is 1. The fraction of sp³-hybridized carbons (Fsp3) is 0.333. The average Bonchev–Trinajstić information content (AvgIpc) is 3.17. The molecule has 1 fully saturated rings. The van der Waals surface area contributed by atoms with Crippen LogP contribution < -0.4 is 5.32 Å². The van der Waals surface area contributed by atoms with E-state index in [4.69, 9.17) is 0 Å². The van der Waals surface area contributed by atoms with Crippen LogP contribution in [0.1, 0.15) is 33.8 Å². The van der Waals surface area contributed by atoms with Crippen LogP contribution in [0.4, 0.5) is 5.69 Å². The topological polar surface area (TPSA) is 49.4 Å². The molecule has 2 amide bonds. The van der Waals surface area contributed by atoms with Crippen LogP contribution in [0.2, 0.25) is 0 Å². The molecule has 2 aromatic rings. The Morgan fingerprint density at radius 2 is 2.22 bits per heavy atom. The fourth-order valence-corrected chi connectivity index (χ4v) is 3.98. The smallest absolute Gasteiger partial charge is 0.253 e. The molecular weight excluding hydrogens is 308 g/mol. The third kappa shape index (κ3) is 2.65. The zero-order valence-corrected chi connectivity index (χ0v) is 13.7. The van der Waals surface area contributed by atoms with Gasteiger partial charge in [-0.15, -0.1) is 0 Å². The number of likely N-dealkylation sites (N-methyl/N-ethyl adjacent to an activating group) is 1. The largest absolute Gasteiger partial charge is 0.341 e. The van der Waals surface area contributed by atoms with Crippen molar-refractivity contribution in [2.75, 3.05) is 18.9 Å². The molecule has 4 rings (SSSR count). The number of anilines is 1. The highest BCUT2D eigenvalue weighted by Gasteiger charge is 2.44. The van der Waals surface area contributed by atoms with Gasteiger partial charge in [0.15, 0.2) is 0 Å². The Morgan fingerprint density at radius 1 is 1.35 bits per heavy atom. The maximum absolute atomic E-state index is 12.4. The van der Waals surface area contributed by atoms with Gasteiger partial charge in [0.1, 0.15) is 0 Å². The summed E-state index contributed by atoms with van der Waals surface area (Å²) in [6.45, 7) is 0.728. The molecule has 2 aliphatic rings. The quantitative estimate of drug-likeness (QED) is 0.942. The van der Waals surface area contributed by atoms with Crippen LogP contribution in [-0.4, -0.2) is 30.3 Å². The van der Waals surface area contributed by atoms with Gasteiger partial charge in [0, 0.05) is 30.8 Å². The maximum atomic E-state index is 12.4. The molecular formula is C18H18N2O2S. The Balaban J connectivity index is 1.46. The number of carbonyl (C=O) groups is 2. The van der Waals surface area contributed by atoms with Gasteiger partial charge in [-0.05, 0) is 64.9 Å². The van der Waals surface area contributed by atoms with Crippen LogP contribution in [0.25, 0.3) is 0 Å². The van der Waals surface area contributed by atoms with Crippen LogP contribution >= 0.6 is 11.3 Å². The van der Waals surface area contributed by atoms with Gasteiger partial charge in [0.2, 0.25) is 5.91 Å². The third-order valence-electron chi connectivity index (χ3n) is 4.76. The standard InChI is InChI=1S/C18H18N2O2S/c1-20-6-4-11-8-13(2-3-14(11)18(20)22)19-17(21)16-9-15(16)12-5-7-23-10-12/h2-3,5,7-8,10,15-16H,4,6,9H2,1H3,(H,19,21)/t15-,16+/m0/s1. The van der Waals surface area contributed by atoms with Gasteiger partial charge in [-0.2, -0.15) is 11.3 Å². The zero-order chi connectivity index (χ0) is 16.0. The summed E-state index contributed by atoms with van der Waals surface area (Å²) in [4.78, 5) is 26.2. The second-order valence-corrected chi connectivity index (χ2v) is 7.12. The van der Waals surface area contributed by atoms with E-state index in [-0.39, 0.29) is 17.7 Å². The molecule has 1 N–H and O–H groups in total. The number of nitrogens with zero attached hydrogens (tertiary/aromatic N) is 1. The predicted octanol–water partition coefficient (Wildman–Crippen LogP) is 3.12. The summed E-state index contributed by atoms with van der Waals surface area (Å²) in [7, 11) is 1.82. The van der Waals surface area contributed by atoms with Crippen molar-refractivity contribution < 1.29 is 9.59 Å². The average molecular weight is 326 g/mol. The second-order valence-electron chi connectivity index (χ2n) is 6.34. The first-order chi connectivity index (χ1) is 11.1. The number of nitrogens with one attached hydrogen (secondary N) is 1. The fourth-order valence-electron chi connectivity index (χ4n) is 3.26. The van der Waals surface area contributed by atoms with Crippen LogP contribution in [0.5, 0.6) is 0 Å². The van der Waals surface area contributed by atoms with Gasteiger partial charge in [-0.3, -0.25) is 9.59 Å². The molecule has 23 heavy (non-hydrogen) atoms. The number of carbonyl (C=O) groups excluding carboxylic acids is 2. The molecule has 1 aliphatic heterocycles. The van der Waals surface area contributed by atoms with E-state index >= 15 is 0 Å². The van der Waals surface area contributed by atoms with Gasteiger partial charge < -0.3 is 10.2 Å². The molecule has 1 aromatic carbocycles. The van der Waals surface area contributed by atoms with Crippen molar-refractivity contribution in [2.24, 2.45) is 5.92 Å². The summed E-state index contributed by atoms with van der Waals surface area (Å²) in [5.74, 6) is 0.590. The number of fused-ring (bicyclic) bond motifs is 1. The molecule has 1 aromatic heterocycles. The van der Waals surface area contributed by atoms with Crippen molar-refractivity contribution in [1.82, 2.24) is 4.90 Å². The molecule has 0 unspecified atom stereocenters. The first-order valence-electron chi connectivity index (χ1n) is 7.85. The summed E-state index contributed by atoms with van der Waals surface area (Å²) in [6.07, 6.45) is 1.76. The normalized spacial score (nSPS) is 22.7. The van der Waals surface area contributed by atoms with Crippen molar-refractivity contribution in [1.29, 1.82) is 0 Å². The first-order valence-corrected chi connectivity index (χ1v) is 8.79. The minimum absolute atomic E-state index is 0.0591. The zero-order valence-electron chi connectivity index (χ0n) is 12.9. The summed E-state index contributed by atoms with van der Waals surface area (Å²) in [6, 6.07) is 7.70. The highest BCUT2D eigenvalue weighted by molar-refractivity contribution is 7.08. The molecule has 2 atom stereocenters. The van der Waals surface area contributed by atoms with Gasteiger partial charge in [-0.25, -0.2) is 0 Å². The summed E-state index contributed by atoms with van der Waals surface area (Å²) >= 11 is 1.67. The molecule has 0 radical (unpaired) electrons. The van der Waals surface area contributed by atoms with E-state index in [9.17, 15) is 9.59 Å². The minimum atomic E-state index is 0.0591. The van der Waals surface area contributed by atoms with Crippen molar-refractivity contribution in [2.45, 2.75) is 18.8 Å². The Labute approximate surface area is 139 Å². The van der Waals surface area contributed by atoms with Gasteiger partial charge in [-0.1, -0.05) is 0 Å². The van der Waals surface area contributed by atoms with Crippen LogP contribution in [0.3, 0.4) is 0 Å². The molecule has 1 aliphatic carbocycles. The van der Waals surface area contributed by atoms with Crippen molar-refractivity contribution in [3.8, 4) is 0 Å². The third-order valence-corrected chi connectivity index (χ3v) is 5.47. The molecule has 0 bridgehead atoms. The molecule has 4 nitrogen and oxygen atoms in total. The van der Waals surface area contributed by atoms with Gasteiger partial charge in [0.05, 0.1) is 0 Å². The van der Waals surface area contributed by atoms with Crippen LogP contribution in [0, 0.1) is 5.92 Å². The molecule has 0 spiro atoms. The Morgan fingerprint density at radius 3 is 3.00 bits per heavy atom. The molecule has 0 saturated heterocycles. The minimum Gasteiger partial charge on any atom is -0.341 e. The summed E-state index contributed by atoms with van der Waals surface area (Å²) in [5, 5.41) is 7.19. The lowest BCUT2D eigenvalue weighted by Gasteiger charge is -2.25. The van der Waals surface area contributed by atoms with Crippen LogP contribution in [0.15, 0.2) is 35.0 Å². The van der Waals surface area contributed by atoms with Crippen molar-refractivity contribution in [3.63, 3.8) is 0 Å². The number of hydrogen-bond acceptors (Lipinski definition) is 3. The summed E-state index contributed by atoms with van der Waals surface area (Å²) < 4.78 is 0. The predicted molar refractivity (Wildman–Crippen MR) is 90.9 cm³/mol. The maximum Gasteiger partial charge on any atom is 0.253 e. The van der Waals surface area contributed by atoms with Crippen molar-refractivity contribution >= 4 is 28.8 Å². The Bertz CT molecular complexity index is 769. The van der Waals surface area contributed by atoms with Gasteiger partial charge in [0.25, 0.3) is 5.91 Å². The van der Waals surface area contributed by atoms with E-state index in [1.807, 2.05) is 25.2 Å². The second kappa shape index (κ2) is 5.49. The number of benzene rings is 1. The lowest BCUT2D eigenvalue weighted by molar-refractivity contribution is -0.117. The summed E-state index contributed by atoms with van der Waals surface area (Å²) in [5.41, 5.74) is 3.84. The SMILES string of the molecule is CN1CCc2cc(NC(=O)[C@@H]3C[C@H]3c3ccsc3)ccc2C1=O. The lowest BCUT2D eigenvalue weighted by atomic mass is 9.98.